The summed E-state index contributed by atoms with van der Waals surface area (Å²) in [5.74, 6) is -2.46. The zero-order valence-corrected chi connectivity index (χ0v) is 15.7. The van der Waals surface area contributed by atoms with Gasteiger partial charge in [-0.25, -0.2) is 4.79 Å². The van der Waals surface area contributed by atoms with E-state index < -0.39 is 58.2 Å². The van der Waals surface area contributed by atoms with Gasteiger partial charge < -0.3 is 13.7 Å². The summed E-state index contributed by atoms with van der Waals surface area (Å²) in [6.07, 6.45) is -4.84. The van der Waals surface area contributed by atoms with Crippen LogP contribution in [-0.2, 0) is 27.6 Å². The van der Waals surface area contributed by atoms with Crippen LogP contribution in [0.3, 0.4) is 0 Å². The van der Waals surface area contributed by atoms with Crippen LogP contribution < -0.4 is 8.92 Å². The van der Waals surface area contributed by atoms with Crippen molar-refractivity contribution in [3.05, 3.63) is 53.1 Å². The summed E-state index contributed by atoms with van der Waals surface area (Å²) < 4.78 is 109. The van der Waals surface area contributed by atoms with E-state index in [9.17, 15) is 39.6 Å². The first-order chi connectivity index (χ1) is 13.9. The zero-order chi connectivity index (χ0) is 22.7. The average molecular weight is 458 g/mol. The highest BCUT2D eigenvalue weighted by Gasteiger charge is 2.38. The van der Waals surface area contributed by atoms with Crippen molar-refractivity contribution in [3.63, 3.8) is 0 Å². The molecule has 0 fully saturated rings. The molecule has 3 rings (SSSR count). The van der Waals surface area contributed by atoms with E-state index >= 15 is 0 Å². The zero-order valence-electron chi connectivity index (χ0n) is 14.9. The fourth-order valence-electron chi connectivity index (χ4n) is 2.43. The molecule has 13 heteroatoms. The second-order valence-electron chi connectivity index (χ2n) is 5.52. The fraction of sp³-hybridized carbons (Fsp3) is 0.235. The van der Waals surface area contributed by atoms with Crippen LogP contribution in [-0.4, -0.2) is 28.2 Å². The lowest BCUT2D eigenvalue weighted by atomic mass is 10.1. The van der Waals surface area contributed by atoms with Gasteiger partial charge in [-0.2, -0.15) is 34.8 Å². The molecule has 1 aliphatic rings. The van der Waals surface area contributed by atoms with Crippen LogP contribution in [0.1, 0.15) is 21.5 Å². The molecule has 0 saturated carbocycles. The Bertz CT molecular complexity index is 1030. The van der Waals surface area contributed by atoms with Crippen molar-refractivity contribution < 1.29 is 53.2 Å². The highest BCUT2D eigenvalue weighted by Crippen LogP contribution is 2.42. The Morgan fingerprint density at radius 2 is 1.70 bits per heavy atom. The number of ether oxygens (including phenoxy) is 2. The summed E-state index contributed by atoms with van der Waals surface area (Å²) >= 11 is 0. The van der Waals surface area contributed by atoms with Gasteiger partial charge >= 0.3 is 28.9 Å². The number of benzene rings is 2. The molecule has 6 nitrogen and oxygen atoms in total. The molecule has 0 spiro atoms. The molecule has 0 N–H and O–H groups in total. The number of esters is 1. The molecule has 0 aliphatic carbocycles. The molecule has 0 amide bonds. The standard InChI is InChI=1S/C16H11F3O6S.CHF3/c1-23-15(20)10-6-11(16(17,18)19)13-7-12(10)25-26(21,22)14-5-3-2-4-9(14)8-24-13;2-1(3)4/h2-7H,8H2,1H3;1H. The van der Waals surface area contributed by atoms with Crippen molar-refractivity contribution in [2.45, 2.75) is 24.4 Å². The lowest BCUT2D eigenvalue weighted by molar-refractivity contribution is -0.139. The average Bonchev–Trinajstić information content (AvgIpc) is 2.67. The molecule has 30 heavy (non-hydrogen) atoms. The molecule has 1 aliphatic heterocycles. The first-order valence-electron chi connectivity index (χ1n) is 7.77. The van der Waals surface area contributed by atoms with Crippen LogP contribution in [0.2, 0.25) is 0 Å². The molecular weight excluding hydrogens is 446 g/mol. The minimum atomic E-state index is -4.84. The van der Waals surface area contributed by atoms with Crippen LogP contribution in [0, 0.1) is 0 Å². The van der Waals surface area contributed by atoms with Crippen molar-refractivity contribution in [2.75, 3.05) is 7.11 Å². The highest BCUT2D eigenvalue weighted by atomic mass is 32.2. The predicted molar refractivity (Wildman–Crippen MR) is 88.5 cm³/mol. The largest absolute Gasteiger partial charge is 0.488 e. The molecule has 0 radical (unpaired) electrons. The number of halogens is 6. The Hall–Kier alpha value is -2.96. The van der Waals surface area contributed by atoms with Crippen LogP contribution in [0.5, 0.6) is 11.5 Å². The van der Waals surface area contributed by atoms with E-state index in [0.29, 0.717) is 6.07 Å². The SMILES string of the molecule is COC(=O)c1cc(C(F)(F)F)c2cc1OS(=O)(=O)c1ccccc1CO2.FC(F)F. The van der Waals surface area contributed by atoms with Gasteiger partial charge in [-0.1, -0.05) is 18.2 Å². The van der Waals surface area contributed by atoms with E-state index in [1.165, 1.54) is 24.3 Å². The first kappa shape index (κ1) is 23.3. The molecular formula is C17H12F6O6S. The third-order valence-corrected chi connectivity index (χ3v) is 4.95. The maximum atomic E-state index is 13.3. The fourth-order valence-corrected chi connectivity index (χ4v) is 3.58. The van der Waals surface area contributed by atoms with Crippen molar-refractivity contribution >= 4 is 16.1 Å². The van der Waals surface area contributed by atoms with E-state index in [-0.39, 0.29) is 10.5 Å². The smallest absolute Gasteiger partial charge is 0.419 e. The third-order valence-electron chi connectivity index (χ3n) is 3.62. The second-order valence-corrected chi connectivity index (χ2v) is 7.03. The van der Waals surface area contributed by atoms with Gasteiger partial charge in [0.25, 0.3) is 0 Å². The molecule has 0 aromatic heterocycles. The summed E-state index contributed by atoms with van der Waals surface area (Å²) in [5, 5.41) is 0. The van der Waals surface area contributed by atoms with Crippen molar-refractivity contribution in [3.8, 4) is 11.5 Å². The second kappa shape index (κ2) is 8.81. The van der Waals surface area contributed by atoms with Gasteiger partial charge in [0.15, 0.2) is 5.75 Å². The Kier molecular flexibility index (Phi) is 6.85. The van der Waals surface area contributed by atoms with Crippen LogP contribution >= 0.6 is 0 Å². The molecule has 0 unspecified atom stereocenters. The van der Waals surface area contributed by atoms with Crippen molar-refractivity contribution in [2.24, 2.45) is 0 Å². The lowest BCUT2D eigenvalue weighted by Gasteiger charge is -2.16. The Morgan fingerprint density at radius 1 is 1.10 bits per heavy atom. The first-order valence-corrected chi connectivity index (χ1v) is 9.18. The van der Waals surface area contributed by atoms with Gasteiger partial charge in [-0.15, -0.1) is 0 Å². The van der Waals surface area contributed by atoms with Crippen LogP contribution in [0.4, 0.5) is 26.3 Å². The highest BCUT2D eigenvalue weighted by molar-refractivity contribution is 7.87. The van der Waals surface area contributed by atoms with Gasteiger partial charge in [-0.05, 0) is 12.1 Å². The maximum absolute atomic E-state index is 13.3. The number of hydrogen-bond acceptors (Lipinski definition) is 6. The van der Waals surface area contributed by atoms with Gasteiger partial charge in [0.1, 0.15) is 22.8 Å². The summed E-state index contributed by atoms with van der Waals surface area (Å²) in [7, 11) is -3.45. The number of methoxy groups -OCH3 is 1. The number of carbonyl (C=O) groups excluding carboxylic acids is 1. The van der Waals surface area contributed by atoms with Crippen LogP contribution in [0.25, 0.3) is 0 Å². The normalized spacial score (nSPS) is 14.5. The quantitative estimate of drug-likeness (QED) is 0.360. The number of rotatable bonds is 1. The van der Waals surface area contributed by atoms with E-state index in [4.69, 9.17) is 8.92 Å². The number of carbonyl (C=O) groups is 1. The summed E-state index contributed by atoms with van der Waals surface area (Å²) in [6, 6.07) is 6.72. The molecule has 0 saturated heterocycles. The Labute approximate surface area is 166 Å². The number of fused-ring (bicyclic) bond motifs is 3. The van der Waals surface area contributed by atoms with Gasteiger partial charge in [0.05, 0.1) is 12.7 Å². The number of alkyl halides is 6. The molecule has 164 valence electrons. The Balaban J connectivity index is 0.000000735. The van der Waals surface area contributed by atoms with Crippen molar-refractivity contribution in [1.82, 2.24) is 0 Å². The molecule has 0 atom stereocenters. The predicted octanol–water partition coefficient (Wildman–Crippen LogP) is 4.33. The van der Waals surface area contributed by atoms with E-state index in [0.717, 1.165) is 13.2 Å². The minimum Gasteiger partial charge on any atom is -0.488 e. The van der Waals surface area contributed by atoms with Gasteiger partial charge in [-0.3, -0.25) is 0 Å². The summed E-state index contributed by atoms with van der Waals surface area (Å²) in [6.45, 7) is -4.10. The molecule has 2 aromatic rings. The lowest BCUT2D eigenvalue weighted by Crippen LogP contribution is -2.15. The summed E-state index contributed by atoms with van der Waals surface area (Å²) in [4.78, 5) is 11.6. The monoisotopic (exact) mass is 458 g/mol. The van der Waals surface area contributed by atoms with Gasteiger partial charge in [0.2, 0.25) is 0 Å². The molecule has 2 aromatic carbocycles. The van der Waals surface area contributed by atoms with E-state index in [1.807, 2.05) is 0 Å². The van der Waals surface area contributed by atoms with Crippen LogP contribution in [0.15, 0.2) is 41.3 Å². The summed E-state index contributed by atoms with van der Waals surface area (Å²) in [5.41, 5.74) is -1.82. The van der Waals surface area contributed by atoms with E-state index in [1.54, 1.807) is 0 Å². The Morgan fingerprint density at radius 3 is 2.27 bits per heavy atom. The molecule has 1 heterocycles. The molecule has 2 bridgehead atoms. The third kappa shape index (κ3) is 5.34. The minimum absolute atomic E-state index is 0.114. The number of hydrogen-bond donors (Lipinski definition) is 0. The maximum Gasteiger partial charge on any atom is 0.419 e. The topological polar surface area (TPSA) is 78.9 Å². The van der Waals surface area contributed by atoms with Gasteiger partial charge in [0, 0.05) is 11.6 Å². The van der Waals surface area contributed by atoms with E-state index in [2.05, 4.69) is 4.74 Å². The van der Waals surface area contributed by atoms with Crippen molar-refractivity contribution in [1.29, 1.82) is 0 Å².